The minimum atomic E-state index is 0.667. The minimum Gasteiger partial charge on any atom is -0.330 e. The molecule has 0 aliphatic rings. The maximum Gasteiger partial charge on any atom is 0.0327 e. The first kappa shape index (κ1) is 13.7. The number of rotatable bonds is 8. The Balaban J connectivity index is 2.22. The topological polar surface area (TPSA) is 29.3 Å². The van der Waals surface area contributed by atoms with Gasteiger partial charge in [-0.15, -0.1) is 11.3 Å². The lowest BCUT2D eigenvalue weighted by molar-refractivity contribution is 0.269. The van der Waals surface area contributed by atoms with E-state index in [0.717, 1.165) is 19.6 Å². The van der Waals surface area contributed by atoms with E-state index in [2.05, 4.69) is 36.3 Å². The van der Waals surface area contributed by atoms with E-state index in [1.807, 2.05) is 11.3 Å². The molecule has 16 heavy (non-hydrogen) atoms. The summed E-state index contributed by atoms with van der Waals surface area (Å²) in [6.45, 7) is 8.71. The van der Waals surface area contributed by atoms with Crippen molar-refractivity contribution >= 4 is 11.3 Å². The molecule has 0 aromatic carbocycles. The Morgan fingerprint density at radius 3 is 2.88 bits per heavy atom. The maximum atomic E-state index is 5.62. The normalized spacial score (nSPS) is 13.2. The molecule has 92 valence electrons. The number of thiophene rings is 1. The molecule has 1 unspecified atom stereocenters. The molecule has 2 nitrogen and oxygen atoms in total. The summed E-state index contributed by atoms with van der Waals surface area (Å²) in [7, 11) is 0. The molecule has 1 aromatic rings. The average Bonchev–Trinajstić information content (AvgIpc) is 2.80. The number of nitrogens with two attached hydrogens (primary N) is 1. The smallest absolute Gasteiger partial charge is 0.0327 e. The van der Waals surface area contributed by atoms with Crippen molar-refractivity contribution in [2.75, 3.05) is 19.6 Å². The monoisotopic (exact) mass is 240 g/mol. The van der Waals surface area contributed by atoms with Gasteiger partial charge in [-0.1, -0.05) is 19.9 Å². The van der Waals surface area contributed by atoms with Gasteiger partial charge in [-0.05, 0) is 49.8 Å². The molecule has 0 fully saturated rings. The SMILES string of the molecule is CCN(CCCC(C)CN)Cc1cccs1. The summed E-state index contributed by atoms with van der Waals surface area (Å²) in [5, 5.41) is 2.15. The highest BCUT2D eigenvalue weighted by Crippen LogP contribution is 2.13. The van der Waals surface area contributed by atoms with E-state index in [-0.39, 0.29) is 0 Å². The van der Waals surface area contributed by atoms with Crippen molar-refractivity contribution in [1.82, 2.24) is 4.90 Å². The molecule has 1 atom stereocenters. The van der Waals surface area contributed by atoms with E-state index in [1.165, 1.54) is 24.3 Å². The molecular weight excluding hydrogens is 216 g/mol. The highest BCUT2D eigenvalue weighted by molar-refractivity contribution is 7.09. The molecule has 0 bridgehead atoms. The third kappa shape index (κ3) is 5.10. The van der Waals surface area contributed by atoms with E-state index in [1.54, 1.807) is 0 Å². The fourth-order valence-corrected chi connectivity index (χ4v) is 2.50. The average molecular weight is 240 g/mol. The second-order valence-corrected chi connectivity index (χ2v) is 5.46. The van der Waals surface area contributed by atoms with E-state index in [0.29, 0.717) is 5.92 Å². The minimum absolute atomic E-state index is 0.667. The Morgan fingerprint density at radius 1 is 1.50 bits per heavy atom. The van der Waals surface area contributed by atoms with Crippen LogP contribution in [0.3, 0.4) is 0 Å². The van der Waals surface area contributed by atoms with Crippen LogP contribution in [0.15, 0.2) is 17.5 Å². The molecule has 0 saturated carbocycles. The summed E-state index contributed by atoms with van der Waals surface area (Å²) in [5.41, 5.74) is 5.62. The molecule has 0 saturated heterocycles. The van der Waals surface area contributed by atoms with Gasteiger partial charge in [0, 0.05) is 11.4 Å². The number of nitrogens with zero attached hydrogens (tertiary/aromatic N) is 1. The van der Waals surface area contributed by atoms with Gasteiger partial charge < -0.3 is 5.73 Å². The fourth-order valence-electron chi connectivity index (χ4n) is 1.75. The zero-order valence-electron chi connectivity index (χ0n) is 10.5. The van der Waals surface area contributed by atoms with Gasteiger partial charge >= 0.3 is 0 Å². The van der Waals surface area contributed by atoms with Crippen LogP contribution >= 0.6 is 11.3 Å². The third-order valence-corrected chi connectivity index (χ3v) is 3.84. The van der Waals surface area contributed by atoms with Gasteiger partial charge in [-0.25, -0.2) is 0 Å². The van der Waals surface area contributed by atoms with Crippen molar-refractivity contribution in [2.24, 2.45) is 11.7 Å². The zero-order chi connectivity index (χ0) is 11.8. The van der Waals surface area contributed by atoms with Gasteiger partial charge in [0.25, 0.3) is 0 Å². The van der Waals surface area contributed by atoms with Crippen molar-refractivity contribution in [3.05, 3.63) is 22.4 Å². The van der Waals surface area contributed by atoms with E-state index < -0.39 is 0 Å². The first-order valence-electron chi connectivity index (χ1n) is 6.21. The van der Waals surface area contributed by atoms with Crippen molar-refractivity contribution in [3.63, 3.8) is 0 Å². The molecule has 2 N–H and O–H groups in total. The maximum absolute atomic E-state index is 5.62. The fraction of sp³-hybridized carbons (Fsp3) is 0.692. The third-order valence-electron chi connectivity index (χ3n) is 2.98. The van der Waals surface area contributed by atoms with Crippen molar-refractivity contribution < 1.29 is 0 Å². The highest BCUT2D eigenvalue weighted by atomic mass is 32.1. The van der Waals surface area contributed by atoms with Crippen LogP contribution in [0.2, 0.25) is 0 Å². The summed E-state index contributed by atoms with van der Waals surface area (Å²) in [6, 6.07) is 4.35. The highest BCUT2D eigenvalue weighted by Gasteiger charge is 2.05. The summed E-state index contributed by atoms with van der Waals surface area (Å²) in [6.07, 6.45) is 2.51. The molecule has 0 aliphatic heterocycles. The summed E-state index contributed by atoms with van der Waals surface area (Å²) < 4.78 is 0. The standard InChI is InChI=1S/C13H24N2S/c1-3-15(8-4-6-12(2)10-14)11-13-7-5-9-16-13/h5,7,9,12H,3-4,6,8,10-11,14H2,1-2H3. The first-order valence-corrected chi connectivity index (χ1v) is 7.09. The Bertz CT molecular complexity index is 259. The van der Waals surface area contributed by atoms with Crippen molar-refractivity contribution in [3.8, 4) is 0 Å². The van der Waals surface area contributed by atoms with Crippen molar-refractivity contribution in [2.45, 2.75) is 33.2 Å². The second kappa shape index (κ2) is 7.82. The molecule has 3 heteroatoms. The van der Waals surface area contributed by atoms with Gasteiger partial charge in [0.05, 0.1) is 0 Å². The molecule has 1 aromatic heterocycles. The molecular formula is C13H24N2S. The summed E-state index contributed by atoms with van der Waals surface area (Å²) >= 11 is 1.85. The lowest BCUT2D eigenvalue weighted by Crippen LogP contribution is -2.24. The molecule has 0 spiro atoms. The first-order chi connectivity index (χ1) is 7.76. The molecule has 1 rings (SSSR count). The Morgan fingerprint density at radius 2 is 2.31 bits per heavy atom. The summed E-state index contributed by atoms with van der Waals surface area (Å²) in [4.78, 5) is 3.98. The van der Waals surface area contributed by atoms with Gasteiger partial charge in [-0.2, -0.15) is 0 Å². The Labute approximate surface area is 103 Å². The lowest BCUT2D eigenvalue weighted by atomic mass is 10.1. The van der Waals surface area contributed by atoms with E-state index in [9.17, 15) is 0 Å². The summed E-state index contributed by atoms with van der Waals surface area (Å²) in [5.74, 6) is 0.667. The van der Waals surface area contributed by atoms with Crippen LogP contribution in [0.4, 0.5) is 0 Å². The predicted octanol–water partition coefficient (Wildman–Crippen LogP) is 2.95. The quantitative estimate of drug-likeness (QED) is 0.757. The van der Waals surface area contributed by atoms with Gasteiger partial charge in [0.2, 0.25) is 0 Å². The zero-order valence-corrected chi connectivity index (χ0v) is 11.3. The number of hydrogen-bond acceptors (Lipinski definition) is 3. The van der Waals surface area contributed by atoms with Crippen molar-refractivity contribution in [1.29, 1.82) is 0 Å². The predicted molar refractivity (Wildman–Crippen MR) is 72.7 cm³/mol. The van der Waals surface area contributed by atoms with Crippen LogP contribution in [-0.4, -0.2) is 24.5 Å². The Kier molecular flexibility index (Phi) is 6.69. The van der Waals surface area contributed by atoms with Crippen LogP contribution in [-0.2, 0) is 6.54 Å². The van der Waals surface area contributed by atoms with E-state index >= 15 is 0 Å². The Hall–Kier alpha value is -0.380. The van der Waals surface area contributed by atoms with Crippen LogP contribution in [0.1, 0.15) is 31.6 Å². The molecule has 0 aliphatic carbocycles. The van der Waals surface area contributed by atoms with Crippen LogP contribution < -0.4 is 5.73 Å². The molecule has 1 heterocycles. The van der Waals surface area contributed by atoms with Gasteiger partial charge in [0.15, 0.2) is 0 Å². The van der Waals surface area contributed by atoms with Crippen LogP contribution in [0.25, 0.3) is 0 Å². The van der Waals surface area contributed by atoms with Gasteiger partial charge in [-0.3, -0.25) is 4.90 Å². The molecule has 0 radical (unpaired) electrons. The van der Waals surface area contributed by atoms with Gasteiger partial charge in [0.1, 0.15) is 0 Å². The molecule has 0 amide bonds. The van der Waals surface area contributed by atoms with Crippen LogP contribution in [0.5, 0.6) is 0 Å². The van der Waals surface area contributed by atoms with E-state index in [4.69, 9.17) is 5.73 Å². The lowest BCUT2D eigenvalue weighted by Gasteiger charge is -2.20. The largest absolute Gasteiger partial charge is 0.330 e. The number of hydrogen-bond donors (Lipinski definition) is 1. The van der Waals surface area contributed by atoms with Crippen LogP contribution in [0, 0.1) is 5.92 Å². The second-order valence-electron chi connectivity index (χ2n) is 4.43.